The molecule has 1 aliphatic rings. The predicted octanol–water partition coefficient (Wildman–Crippen LogP) is 2.84. The zero-order valence-corrected chi connectivity index (χ0v) is 11.9. The predicted molar refractivity (Wildman–Crippen MR) is 74.4 cm³/mol. The minimum atomic E-state index is -0.740. The molecule has 0 aliphatic heterocycles. The zero-order valence-electron chi connectivity index (χ0n) is 11.9. The molecule has 1 aliphatic carbocycles. The van der Waals surface area contributed by atoms with Crippen LogP contribution in [-0.2, 0) is 9.53 Å². The third kappa shape index (κ3) is 2.27. The van der Waals surface area contributed by atoms with Crippen LogP contribution < -0.4 is 10.1 Å². The first-order valence-corrected chi connectivity index (χ1v) is 6.46. The number of carbonyl (C=O) groups excluding carboxylic acids is 1. The summed E-state index contributed by atoms with van der Waals surface area (Å²) in [5, 5.41) is 3.33. The van der Waals surface area contributed by atoms with Gasteiger partial charge in [0.25, 0.3) is 0 Å². The molecule has 4 heteroatoms. The van der Waals surface area contributed by atoms with Crippen molar-refractivity contribution >= 4 is 11.7 Å². The number of ether oxygens (including phenoxy) is 2. The second-order valence-corrected chi connectivity index (χ2v) is 5.50. The molecule has 1 N–H and O–H groups in total. The van der Waals surface area contributed by atoms with E-state index in [0.717, 1.165) is 24.3 Å². The number of anilines is 1. The molecule has 1 aromatic carbocycles. The summed E-state index contributed by atoms with van der Waals surface area (Å²) in [7, 11) is 3.05. The number of nitrogens with one attached hydrogen (secondary N) is 1. The summed E-state index contributed by atoms with van der Waals surface area (Å²) in [5.41, 5.74) is 0.00293. The maximum absolute atomic E-state index is 12.2. The number of benzene rings is 1. The van der Waals surface area contributed by atoms with Crippen LogP contribution >= 0.6 is 0 Å². The van der Waals surface area contributed by atoms with Gasteiger partial charge in [0.2, 0.25) is 0 Å². The van der Waals surface area contributed by atoms with Crippen LogP contribution in [-0.4, -0.2) is 25.7 Å². The highest BCUT2D eigenvalue weighted by atomic mass is 16.5. The Morgan fingerprint density at radius 1 is 1.32 bits per heavy atom. The van der Waals surface area contributed by atoms with Crippen LogP contribution in [0.5, 0.6) is 5.75 Å². The lowest BCUT2D eigenvalue weighted by Crippen LogP contribution is -2.51. The van der Waals surface area contributed by atoms with E-state index in [-0.39, 0.29) is 11.4 Å². The Morgan fingerprint density at radius 3 is 2.47 bits per heavy atom. The fraction of sp³-hybridized carbons (Fsp3) is 0.533. The van der Waals surface area contributed by atoms with Gasteiger partial charge in [0, 0.05) is 5.41 Å². The maximum Gasteiger partial charge on any atom is 0.331 e. The Morgan fingerprint density at radius 2 is 1.95 bits per heavy atom. The summed E-state index contributed by atoms with van der Waals surface area (Å²) in [6.45, 7) is 4.00. The Kier molecular flexibility index (Phi) is 3.43. The van der Waals surface area contributed by atoms with Crippen LogP contribution in [0.1, 0.15) is 26.7 Å². The summed E-state index contributed by atoms with van der Waals surface area (Å²) in [6.07, 6.45) is 2.03. The maximum atomic E-state index is 12.2. The van der Waals surface area contributed by atoms with Gasteiger partial charge in [-0.05, 0) is 31.9 Å². The molecule has 4 nitrogen and oxygen atoms in total. The van der Waals surface area contributed by atoms with E-state index in [0.29, 0.717) is 0 Å². The molecule has 1 saturated carbocycles. The molecule has 104 valence electrons. The molecule has 1 fully saturated rings. The summed E-state index contributed by atoms with van der Waals surface area (Å²) in [6, 6.07) is 7.59. The third-order valence-corrected chi connectivity index (χ3v) is 4.29. The zero-order chi connectivity index (χ0) is 14.1. The molecular weight excluding hydrogens is 242 g/mol. The van der Waals surface area contributed by atoms with Crippen molar-refractivity contribution in [3.05, 3.63) is 24.3 Å². The van der Waals surface area contributed by atoms with Gasteiger partial charge in [-0.1, -0.05) is 19.1 Å². The molecule has 0 amide bonds. The van der Waals surface area contributed by atoms with Crippen LogP contribution in [0, 0.1) is 5.41 Å². The summed E-state index contributed by atoms with van der Waals surface area (Å²) < 4.78 is 10.3. The van der Waals surface area contributed by atoms with Crippen molar-refractivity contribution in [2.24, 2.45) is 5.41 Å². The Bertz CT molecular complexity index is 482. The number of carbonyl (C=O) groups is 1. The lowest BCUT2D eigenvalue weighted by molar-refractivity contribution is -0.147. The fourth-order valence-corrected chi connectivity index (χ4v) is 2.36. The summed E-state index contributed by atoms with van der Waals surface area (Å²) in [4.78, 5) is 12.2. The quantitative estimate of drug-likeness (QED) is 0.830. The van der Waals surface area contributed by atoms with Gasteiger partial charge in [0.1, 0.15) is 11.3 Å². The highest BCUT2D eigenvalue weighted by Crippen LogP contribution is 2.55. The fourth-order valence-electron chi connectivity index (χ4n) is 2.36. The Hall–Kier alpha value is -1.71. The average Bonchev–Trinajstić information content (AvgIpc) is 3.18. The van der Waals surface area contributed by atoms with Gasteiger partial charge in [-0.25, -0.2) is 4.79 Å². The molecule has 0 spiro atoms. The van der Waals surface area contributed by atoms with Crippen molar-refractivity contribution in [3.63, 3.8) is 0 Å². The van der Waals surface area contributed by atoms with Gasteiger partial charge < -0.3 is 14.8 Å². The molecule has 0 bridgehead atoms. The molecule has 0 heterocycles. The second-order valence-electron chi connectivity index (χ2n) is 5.50. The number of hydrogen-bond acceptors (Lipinski definition) is 4. The highest BCUT2D eigenvalue weighted by molar-refractivity contribution is 5.86. The van der Waals surface area contributed by atoms with Crippen LogP contribution in [0.2, 0.25) is 0 Å². The first-order chi connectivity index (χ1) is 8.97. The smallest absolute Gasteiger partial charge is 0.331 e. The molecule has 1 aromatic rings. The number of hydrogen-bond donors (Lipinski definition) is 1. The van der Waals surface area contributed by atoms with Gasteiger partial charge in [-0.15, -0.1) is 0 Å². The minimum Gasteiger partial charge on any atom is -0.495 e. The first-order valence-electron chi connectivity index (χ1n) is 6.46. The van der Waals surface area contributed by atoms with Gasteiger partial charge in [0.05, 0.1) is 19.9 Å². The van der Waals surface area contributed by atoms with E-state index in [4.69, 9.17) is 9.47 Å². The topological polar surface area (TPSA) is 47.6 Å². The van der Waals surface area contributed by atoms with Crippen molar-refractivity contribution < 1.29 is 14.3 Å². The molecule has 2 rings (SSSR count). The third-order valence-electron chi connectivity index (χ3n) is 4.29. The normalized spacial score (nSPS) is 19.2. The largest absolute Gasteiger partial charge is 0.495 e. The molecular formula is C15H21NO3. The molecule has 0 saturated heterocycles. The standard InChI is InChI=1S/C15H21NO3/c1-14(9-10-14)15(2,13(17)19-4)16-11-7-5-6-8-12(11)18-3/h5-8,16H,9-10H2,1-4H3. The van der Waals surface area contributed by atoms with Crippen LogP contribution in [0.25, 0.3) is 0 Å². The second kappa shape index (κ2) is 4.76. The van der Waals surface area contributed by atoms with Crippen molar-refractivity contribution in [1.82, 2.24) is 0 Å². The molecule has 19 heavy (non-hydrogen) atoms. The van der Waals surface area contributed by atoms with E-state index in [9.17, 15) is 4.79 Å². The molecule has 0 radical (unpaired) electrons. The van der Waals surface area contributed by atoms with E-state index in [1.54, 1.807) is 7.11 Å². The van der Waals surface area contributed by atoms with Crippen molar-refractivity contribution in [3.8, 4) is 5.75 Å². The lowest BCUT2D eigenvalue weighted by Gasteiger charge is -2.35. The van der Waals surface area contributed by atoms with Gasteiger partial charge in [0.15, 0.2) is 0 Å². The van der Waals surface area contributed by atoms with Crippen molar-refractivity contribution in [1.29, 1.82) is 0 Å². The Labute approximate surface area is 114 Å². The summed E-state index contributed by atoms with van der Waals surface area (Å²) >= 11 is 0. The van der Waals surface area contributed by atoms with Gasteiger partial charge >= 0.3 is 5.97 Å². The van der Waals surface area contributed by atoms with E-state index >= 15 is 0 Å². The molecule has 1 atom stereocenters. The van der Waals surface area contributed by atoms with Crippen molar-refractivity contribution in [2.45, 2.75) is 32.2 Å². The number of esters is 1. The lowest BCUT2D eigenvalue weighted by atomic mass is 9.83. The minimum absolute atomic E-state index is 0.0685. The van der Waals surface area contributed by atoms with Gasteiger partial charge in [-0.2, -0.15) is 0 Å². The Balaban J connectivity index is 2.34. The van der Waals surface area contributed by atoms with E-state index in [2.05, 4.69) is 12.2 Å². The number of rotatable bonds is 5. The van der Waals surface area contributed by atoms with Crippen LogP contribution in [0.15, 0.2) is 24.3 Å². The van der Waals surface area contributed by atoms with E-state index in [1.807, 2.05) is 31.2 Å². The number of para-hydroxylation sites is 2. The SMILES string of the molecule is COC(=O)C(C)(Nc1ccccc1OC)C1(C)CC1. The first kappa shape index (κ1) is 13.7. The summed E-state index contributed by atoms with van der Waals surface area (Å²) in [5.74, 6) is 0.486. The average molecular weight is 263 g/mol. The van der Waals surface area contributed by atoms with Crippen LogP contribution in [0.4, 0.5) is 5.69 Å². The van der Waals surface area contributed by atoms with Crippen LogP contribution in [0.3, 0.4) is 0 Å². The van der Waals surface area contributed by atoms with E-state index in [1.165, 1.54) is 7.11 Å². The monoisotopic (exact) mass is 263 g/mol. The van der Waals surface area contributed by atoms with Gasteiger partial charge in [-0.3, -0.25) is 0 Å². The van der Waals surface area contributed by atoms with Crippen molar-refractivity contribution in [2.75, 3.05) is 19.5 Å². The molecule has 0 aromatic heterocycles. The van der Waals surface area contributed by atoms with E-state index < -0.39 is 5.54 Å². The number of methoxy groups -OCH3 is 2. The molecule has 1 unspecified atom stereocenters. The highest BCUT2D eigenvalue weighted by Gasteiger charge is 2.58.